The summed E-state index contributed by atoms with van der Waals surface area (Å²) in [5.74, 6) is -0.196. The van der Waals surface area contributed by atoms with E-state index >= 15 is 0 Å². The van der Waals surface area contributed by atoms with E-state index in [1.807, 2.05) is 30.3 Å². The van der Waals surface area contributed by atoms with E-state index < -0.39 is 5.41 Å². The fraction of sp³-hybridized carbons (Fsp3) is 0.316. The molecule has 1 amide bonds. The maximum atomic E-state index is 12.7. The van der Waals surface area contributed by atoms with Crippen LogP contribution >= 0.6 is 0 Å². The molecule has 0 spiro atoms. The predicted molar refractivity (Wildman–Crippen MR) is 87.7 cm³/mol. The number of aromatic hydroxyl groups is 1. The van der Waals surface area contributed by atoms with Gasteiger partial charge in [-0.1, -0.05) is 24.3 Å². The van der Waals surface area contributed by atoms with E-state index in [9.17, 15) is 15.0 Å². The molecule has 2 aromatic rings. The number of fused-ring (bicyclic) bond motifs is 2. The van der Waals surface area contributed by atoms with Crippen molar-refractivity contribution >= 4 is 11.6 Å². The zero-order chi connectivity index (χ0) is 16.0. The van der Waals surface area contributed by atoms with Gasteiger partial charge in [0.15, 0.2) is 0 Å². The Morgan fingerprint density at radius 2 is 1.74 bits per heavy atom. The topological polar surface area (TPSA) is 69.6 Å². The predicted octanol–water partition coefficient (Wildman–Crippen LogP) is 2.50. The van der Waals surface area contributed by atoms with Crippen molar-refractivity contribution in [3.05, 3.63) is 58.7 Å². The minimum absolute atomic E-state index is 0.0894. The zero-order valence-corrected chi connectivity index (χ0v) is 12.8. The molecular formula is C19H19NO3. The highest BCUT2D eigenvalue weighted by atomic mass is 16.3. The molecule has 4 nitrogen and oxygen atoms in total. The van der Waals surface area contributed by atoms with E-state index in [-0.39, 0.29) is 18.3 Å². The van der Waals surface area contributed by atoms with Crippen LogP contribution in [-0.4, -0.2) is 22.7 Å². The highest BCUT2D eigenvalue weighted by molar-refractivity contribution is 6.09. The lowest BCUT2D eigenvalue weighted by molar-refractivity contribution is -0.120. The standard InChI is InChI=1S/C19H19NO3/c21-11-19(14-7-3-4-8-16(14)20-18(19)23)15-9-12-5-1-2-6-13(12)10-17(15)22/h3-4,7-10,21-22H,1-2,5-6,11H2,(H,20,23). The van der Waals surface area contributed by atoms with Gasteiger partial charge >= 0.3 is 0 Å². The van der Waals surface area contributed by atoms with E-state index in [1.165, 1.54) is 5.56 Å². The molecule has 1 heterocycles. The number of para-hydroxylation sites is 1. The van der Waals surface area contributed by atoms with Gasteiger partial charge in [-0.05, 0) is 54.5 Å². The van der Waals surface area contributed by atoms with Gasteiger partial charge in [0.2, 0.25) is 5.91 Å². The summed E-state index contributed by atoms with van der Waals surface area (Å²) in [6.07, 6.45) is 4.15. The molecule has 1 aliphatic carbocycles. The van der Waals surface area contributed by atoms with Gasteiger partial charge < -0.3 is 15.5 Å². The third kappa shape index (κ3) is 1.91. The Balaban J connectivity index is 1.96. The third-order valence-electron chi connectivity index (χ3n) is 5.18. The number of amides is 1. The van der Waals surface area contributed by atoms with Gasteiger partial charge in [-0.3, -0.25) is 4.79 Å². The maximum absolute atomic E-state index is 12.7. The number of carbonyl (C=O) groups is 1. The summed E-state index contributed by atoms with van der Waals surface area (Å²) < 4.78 is 0. The second-order valence-corrected chi connectivity index (χ2v) is 6.41. The first-order valence-corrected chi connectivity index (χ1v) is 8.04. The molecule has 0 bridgehead atoms. The number of rotatable bonds is 2. The van der Waals surface area contributed by atoms with Crippen LogP contribution in [0, 0.1) is 0 Å². The maximum Gasteiger partial charge on any atom is 0.242 e. The average molecular weight is 309 g/mol. The molecule has 118 valence electrons. The van der Waals surface area contributed by atoms with Crippen molar-refractivity contribution < 1.29 is 15.0 Å². The number of hydrogen-bond donors (Lipinski definition) is 3. The Labute approximate surface area is 134 Å². The van der Waals surface area contributed by atoms with Crippen LogP contribution in [0.25, 0.3) is 0 Å². The van der Waals surface area contributed by atoms with Gasteiger partial charge in [-0.2, -0.15) is 0 Å². The van der Waals surface area contributed by atoms with Gasteiger partial charge in [0.1, 0.15) is 11.2 Å². The fourth-order valence-corrected chi connectivity index (χ4v) is 3.94. The van der Waals surface area contributed by atoms with Crippen molar-refractivity contribution in [1.82, 2.24) is 0 Å². The first-order valence-electron chi connectivity index (χ1n) is 8.04. The monoisotopic (exact) mass is 309 g/mol. The van der Waals surface area contributed by atoms with Gasteiger partial charge in [-0.15, -0.1) is 0 Å². The molecular weight excluding hydrogens is 290 g/mol. The van der Waals surface area contributed by atoms with E-state index in [1.54, 1.807) is 6.07 Å². The highest BCUT2D eigenvalue weighted by Crippen LogP contribution is 2.46. The number of phenolic OH excluding ortho intramolecular Hbond substituents is 1. The smallest absolute Gasteiger partial charge is 0.242 e. The van der Waals surface area contributed by atoms with Crippen LogP contribution in [0.4, 0.5) is 5.69 Å². The van der Waals surface area contributed by atoms with Gasteiger partial charge in [0.05, 0.1) is 6.61 Å². The number of aryl methyl sites for hydroxylation is 2. The Kier molecular flexibility index (Phi) is 3.16. The number of carbonyl (C=O) groups excluding carboxylic acids is 1. The van der Waals surface area contributed by atoms with Gasteiger partial charge in [0.25, 0.3) is 0 Å². The molecule has 23 heavy (non-hydrogen) atoms. The van der Waals surface area contributed by atoms with Crippen LogP contribution in [0.15, 0.2) is 36.4 Å². The minimum Gasteiger partial charge on any atom is -0.508 e. The summed E-state index contributed by atoms with van der Waals surface area (Å²) in [5.41, 5.74) is 3.02. The Morgan fingerprint density at radius 1 is 1.04 bits per heavy atom. The average Bonchev–Trinajstić information content (AvgIpc) is 2.86. The normalized spacial score (nSPS) is 22.4. The molecule has 1 atom stereocenters. The largest absolute Gasteiger partial charge is 0.508 e. The van der Waals surface area contributed by atoms with Crippen molar-refractivity contribution in [2.75, 3.05) is 11.9 Å². The molecule has 2 aromatic carbocycles. The van der Waals surface area contributed by atoms with Crippen LogP contribution < -0.4 is 5.32 Å². The summed E-state index contributed by atoms with van der Waals surface area (Å²) >= 11 is 0. The van der Waals surface area contributed by atoms with Crippen LogP contribution in [-0.2, 0) is 23.1 Å². The minimum atomic E-state index is -1.23. The summed E-state index contributed by atoms with van der Waals surface area (Å²) in [6.45, 7) is -0.373. The van der Waals surface area contributed by atoms with Crippen LogP contribution in [0.2, 0.25) is 0 Å². The van der Waals surface area contributed by atoms with Crippen molar-refractivity contribution in [2.24, 2.45) is 0 Å². The van der Waals surface area contributed by atoms with Crippen LogP contribution in [0.3, 0.4) is 0 Å². The molecule has 4 heteroatoms. The molecule has 0 fully saturated rings. The van der Waals surface area contributed by atoms with Crippen molar-refractivity contribution in [1.29, 1.82) is 0 Å². The molecule has 0 aromatic heterocycles. The Hall–Kier alpha value is -2.33. The Bertz CT molecular complexity index is 799. The first kappa shape index (κ1) is 14.3. The lowest BCUT2D eigenvalue weighted by Crippen LogP contribution is -2.39. The van der Waals surface area contributed by atoms with Gasteiger partial charge in [0, 0.05) is 11.3 Å². The van der Waals surface area contributed by atoms with E-state index in [0.29, 0.717) is 11.3 Å². The molecule has 1 unspecified atom stereocenters. The quantitative estimate of drug-likeness (QED) is 0.798. The number of aliphatic hydroxyl groups is 1. The second kappa shape index (κ2) is 5.10. The van der Waals surface area contributed by atoms with Crippen LogP contribution in [0.5, 0.6) is 5.75 Å². The fourth-order valence-electron chi connectivity index (χ4n) is 3.94. The van der Waals surface area contributed by atoms with Crippen LogP contribution in [0.1, 0.15) is 35.1 Å². The van der Waals surface area contributed by atoms with Crippen molar-refractivity contribution in [2.45, 2.75) is 31.1 Å². The molecule has 0 radical (unpaired) electrons. The first-order chi connectivity index (χ1) is 11.2. The van der Waals surface area contributed by atoms with Crippen molar-refractivity contribution in [3.63, 3.8) is 0 Å². The lowest BCUT2D eigenvalue weighted by atomic mass is 9.74. The summed E-state index contributed by atoms with van der Waals surface area (Å²) in [6, 6.07) is 11.0. The molecule has 4 rings (SSSR count). The molecule has 1 aliphatic heterocycles. The molecule has 0 saturated carbocycles. The summed E-state index contributed by atoms with van der Waals surface area (Å²) in [5, 5.41) is 23.6. The number of anilines is 1. The van der Waals surface area contributed by atoms with E-state index in [0.717, 1.165) is 36.8 Å². The molecule has 0 saturated heterocycles. The van der Waals surface area contributed by atoms with E-state index in [4.69, 9.17) is 0 Å². The number of nitrogens with one attached hydrogen (secondary N) is 1. The highest BCUT2D eigenvalue weighted by Gasteiger charge is 2.49. The summed E-state index contributed by atoms with van der Waals surface area (Å²) in [7, 11) is 0. The molecule has 3 N–H and O–H groups in total. The SMILES string of the molecule is O=C1Nc2ccccc2C1(CO)c1cc2c(cc1O)CCCC2. The van der Waals surface area contributed by atoms with E-state index in [2.05, 4.69) is 5.32 Å². The number of aliphatic hydroxyl groups excluding tert-OH is 1. The zero-order valence-electron chi connectivity index (χ0n) is 12.8. The Morgan fingerprint density at radius 3 is 2.48 bits per heavy atom. The van der Waals surface area contributed by atoms with Crippen molar-refractivity contribution in [3.8, 4) is 5.75 Å². The number of phenols is 1. The summed E-state index contributed by atoms with van der Waals surface area (Å²) in [4.78, 5) is 12.7. The third-order valence-corrected chi connectivity index (χ3v) is 5.18. The number of hydrogen-bond acceptors (Lipinski definition) is 3. The number of benzene rings is 2. The molecule has 2 aliphatic rings. The second-order valence-electron chi connectivity index (χ2n) is 6.41. The van der Waals surface area contributed by atoms with Gasteiger partial charge in [-0.25, -0.2) is 0 Å². The lowest BCUT2D eigenvalue weighted by Gasteiger charge is -2.28.